The number of rotatable bonds is 6. The quantitative estimate of drug-likeness (QED) is 0.278. The molecule has 9 heteroatoms. The van der Waals surface area contributed by atoms with E-state index in [2.05, 4.69) is 39.3 Å². The molecule has 4 aliphatic heterocycles. The van der Waals surface area contributed by atoms with Gasteiger partial charge in [0.05, 0.1) is 12.2 Å². The SMILES string of the molecule is C=CC(=O)N1CCN(C2CN(c3cc(N4CCC5(CC4)OCC=C5C)nc(C(F)F)c3CC)C2)CC1.CC.CC.CC. The number of ether oxygens (including phenoxy) is 1. The molecule has 4 aliphatic rings. The number of hydrogen-bond donors (Lipinski definition) is 0. The number of halogens is 2. The maximum atomic E-state index is 14.1. The molecule has 0 aromatic carbocycles. The fourth-order valence-corrected chi connectivity index (χ4v) is 6.13. The normalized spacial score (nSPS) is 20.0. The lowest BCUT2D eigenvalue weighted by molar-refractivity contribution is -0.128. The Morgan fingerprint density at radius 1 is 1.05 bits per heavy atom. The molecular formula is C33H55F2N5O2. The summed E-state index contributed by atoms with van der Waals surface area (Å²) < 4.78 is 34.3. The van der Waals surface area contributed by atoms with Crippen LogP contribution < -0.4 is 9.80 Å². The molecule has 1 amide bonds. The van der Waals surface area contributed by atoms with Gasteiger partial charge in [-0.15, -0.1) is 0 Å². The second kappa shape index (κ2) is 16.9. The second-order valence-corrected chi connectivity index (χ2v) is 10.3. The van der Waals surface area contributed by atoms with E-state index < -0.39 is 6.43 Å². The highest BCUT2D eigenvalue weighted by Gasteiger charge is 2.41. The number of carbonyl (C=O) groups excluding carboxylic acids is 1. The van der Waals surface area contributed by atoms with Crippen LogP contribution >= 0.6 is 0 Å². The smallest absolute Gasteiger partial charge is 0.280 e. The third-order valence-corrected chi connectivity index (χ3v) is 8.56. The molecule has 0 aliphatic carbocycles. The summed E-state index contributed by atoms with van der Waals surface area (Å²) in [4.78, 5) is 25.0. The highest BCUT2D eigenvalue weighted by Crippen LogP contribution is 2.40. The number of anilines is 2. The molecule has 0 N–H and O–H groups in total. The molecule has 1 spiro atoms. The van der Waals surface area contributed by atoms with E-state index in [1.165, 1.54) is 11.6 Å². The van der Waals surface area contributed by atoms with Crippen LogP contribution in [0.15, 0.2) is 30.4 Å². The Labute approximate surface area is 253 Å². The fraction of sp³-hybridized carbons (Fsp3) is 0.697. The Bertz CT molecular complexity index is 1030. The van der Waals surface area contributed by atoms with Gasteiger partial charge < -0.3 is 19.4 Å². The van der Waals surface area contributed by atoms with E-state index >= 15 is 0 Å². The van der Waals surface area contributed by atoms with Gasteiger partial charge in [0.15, 0.2) is 0 Å². The molecule has 1 aromatic heterocycles. The summed E-state index contributed by atoms with van der Waals surface area (Å²) in [7, 11) is 0. The molecule has 0 unspecified atom stereocenters. The van der Waals surface area contributed by atoms with Crippen molar-refractivity contribution in [3.63, 3.8) is 0 Å². The van der Waals surface area contributed by atoms with Crippen LogP contribution in [0.1, 0.15) is 85.9 Å². The van der Waals surface area contributed by atoms with Crippen molar-refractivity contribution in [2.24, 2.45) is 0 Å². The third-order valence-electron chi connectivity index (χ3n) is 8.56. The number of nitrogens with zero attached hydrogens (tertiary/aromatic N) is 5. The zero-order valence-corrected chi connectivity index (χ0v) is 27.4. The van der Waals surface area contributed by atoms with E-state index in [-0.39, 0.29) is 17.2 Å². The van der Waals surface area contributed by atoms with Crippen molar-refractivity contribution < 1.29 is 18.3 Å². The van der Waals surface area contributed by atoms with E-state index in [1.807, 2.05) is 59.4 Å². The first-order valence-corrected chi connectivity index (χ1v) is 16.1. The standard InChI is InChI=1S/C27H37F2N5O2.3C2H6/c1-4-21-22(34-17-20(18-34)31-11-13-33(14-12-31)24(35)5-2)16-23(30-25(21)26(28)29)32-9-7-27(8-10-32)19(3)6-15-36-27;3*1-2/h5-6,16,20,26H,2,4,7-15,17-18H2,1,3H3;3*1-2H3. The van der Waals surface area contributed by atoms with Gasteiger partial charge in [0.2, 0.25) is 5.91 Å². The maximum Gasteiger partial charge on any atom is 0.280 e. The first-order valence-electron chi connectivity index (χ1n) is 16.1. The van der Waals surface area contributed by atoms with E-state index in [0.717, 1.165) is 57.8 Å². The molecule has 42 heavy (non-hydrogen) atoms. The summed E-state index contributed by atoms with van der Waals surface area (Å²) in [6.45, 7) is 26.4. The van der Waals surface area contributed by atoms with Gasteiger partial charge in [-0.2, -0.15) is 0 Å². The predicted octanol–water partition coefficient (Wildman–Crippen LogP) is 6.49. The molecule has 0 radical (unpaired) electrons. The number of hydrogen-bond acceptors (Lipinski definition) is 6. The molecule has 5 heterocycles. The minimum absolute atomic E-state index is 0.0179. The van der Waals surface area contributed by atoms with Crippen LogP contribution in [0.4, 0.5) is 20.3 Å². The van der Waals surface area contributed by atoms with Gasteiger partial charge >= 0.3 is 0 Å². The zero-order chi connectivity index (χ0) is 31.4. The number of piperidine rings is 1. The molecule has 3 saturated heterocycles. The third kappa shape index (κ3) is 7.70. The Balaban J connectivity index is 0.000000966. The summed E-state index contributed by atoms with van der Waals surface area (Å²) in [6, 6.07) is 2.39. The number of piperazine rings is 1. The molecule has 0 atom stereocenters. The maximum absolute atomic E-state index is 14.1. The molecule has 238 valence electrons. The average molecular weight is 592 g/mol. The van der Waals surface area contributed by atoms with Crippen molar-refractivity contribution in [2.75, 3.05) is 68.8 Å². The van der Waals surface area contributed by atoms with Gasteiger partial charge in [0, 0.05) is 75.7 Å². The summed E-state index contributed by atoms with van der Waals surface area (Å²) in [5.41, 5.74) is 2.55. The van der Waals surface area contributed by atoms with Crippen molar-refractivity contribution in [1.29, 1.82) is 0 Å². The van der Waals surface area contributed by atoms with Crippen molar-refractivity contribution in [2.45, 2.75) is 92.7 Å². The Hall–Kier alpha value is -2.52. The summed E-state index contributed by atoms with van der Waals surface area (Å²) in [5.74, 6) is 0.627. The number of pyridine rings is 1. The van der Waals surface area contributed by atoms with Crippen LogP contribution in [-0.4, -0.2) is 91.3 Å². The number of amides is 1. The van der Waals surface area contributed by atoms with Crippen LogP contribution in [0.25, 0.3) is 0 Å². The number of alkyl halides is 2. The molecule has 5 rings (SSSR count). The second-order valence-electron chi connectivity index (χ2n) is 10.3. The summed E-state index contributed by atoms with van der Waals surface area (Å²) in [5, 5.41) is 0. The van der Waals surface area contributed by atoms with Crippen molar-refractivity contribution in [3.05, 3.63) is 41.6 Å². The van der Waals surface area contributed by atoms with E-state index in [0.29, 0.717) is 43.5 Å². The van der Waals surface area contributed by atoms with Gasteiger partial charge in [0.1, 0.15) is 11.5 Å². The van der Waals surface area contributed by atoms with Crippen LogP contribution in [0.5, 0.6) is 0 Å². The van der Waals surface area contributed by atoms with Crippen LogP contribution in [0.2, 0.25) is 0 Å². The topological polar surface area (TPSA) is 52.2 Å². The largest absolute Gasteiger partial charge is 0.368 e. The van der Waals surface area contributed by atoms with E-state index in [4.69, 9.17) is 4.74 Å². The fourth-order valence-electron chi connectivity index (χ4n) is 6.13. The molecule has 7 nitrogen and oxygen atoms in total. The highest BCUT2D eigenvalue weighted by molar-refractivity contribution is 5.87. The summed E-state index contributed by atoms with van der Waals surface area (Å²) >= 11 is 0. The number of carbonyl (C=O) groups is 1. The van der Waals surface area contributed by atoms with E-state index in [1.54, 1.807) is 0 Å². The Morgan fingerprint density at radius 2 is 1.64 bits per heavy atom. The van der Waals surface area contributed by atoms with Crippen molar-refractivity contribution in [3.8, 4) is 0 Å². The van der Waals surface area contributed by atoms with Crippen molar-refractivity contribution >= 4 is 17.4 Å². The predicted molar refractivity (Wildman–Crippen MR) is 171 cm³/mol. The Morgan fingerprint density at radius 3 is 2.12 bits per heavy atom. The van der Waals surface area contributed by atoms with Gasteiger partial charge in [-0.25, -0.2) is 13.8 Å². The average Bonchev–Trinajstić information content (AvgIpc) is 3.37. The zero-order valence-electron chi connectivity index (χ0n) is 27.4. The number of aromatic nitrogens is 1. The van der Waals surface area contributed by atoms with Gasteiger partial charge in [0.25, 0.3) is 6.43 Å². The van der Waals surface area contributed by atoms with Gasteiger partial charge in [-0.05, 0) is 37.8 Å². The molecule has 3 fully saturated rings. The molecule has 0 saturated carbocycles. The molecule has 0 bridgehead atoms. The van der Waals surface area contributed by atoms with Gasteiger partial charge in [-0.3, -0.25) is 9.69 Å². The first-order chi connectivity index (χ1) is 20.3. The lowest BCUT2D eigenvalue weighted by Gasteiger charge is -2.49. The Kier molecular flexibility index (Phi) is 14.4. The molecule has 1 aromatic rings. The van der Waals surface area contributed by atoms with Crippen LogP contribution in [0, 0.1) is 0 Å². The van der Waals surface area contributed by atoms with Crippen LogP contribution in [0.3, 0.4) is 0 Å². The first kappa shape index (κ1) is 35.7. The van der Waals surface area contributed by atoms with Crippen LogP contribution in [-0.2, 0) is 16.0 Å². The van der Waals surface area contributed by atoms with Crippen molar-refractivity contribution in [1.82, 2.24) is 14.8 Å². The van der Waals surface area contributed by atoms with Gasteiger partial charge in [-0.1, -0.05) is 61.1 Å². The lowest BCUT2D eigenvalue weighted by atomic mass is 9.85. The lowest BCUT2D eigenvalue weighted by Crippen LogP contribution is -2.63. The minimum atomic E-state index is -2.61. The van der Waals surface area contributed by atoms with E-state index in [9.17, 15) is 13.6 Å². The summed E-state index contributed by atoms with van der Waals surface area (Å²) in [6.07, 6.45) is 3.12. The monoisotopic (exact) mass is 591 g/mol. The molecular weight excluding hydrogens is 536 g/mol. The highest BCUT2D eigenvalue weighted by atomic mass is 19.3. The minimum Gasteiger partial charge on any atom is -0.368 e.